The molecule has 1 rings (SSSR count). The fourth-order valence-electron chi connectivity index (χ4n) is 1.55. The molecule has 1 unspecified atom stereocenters. The maximum Gasteiger partial charge on any atom is 0.337 e. The van der Waals surface area contributed by atoms with E-state index in [0.29, 0.717) is 11.6 Å². The first-order valence-corrected chi connectivity index (χ1v) is 6.23. The van der Waals surface area contributed by atoms with Crippen molar-refractivity contribution in [3.63, 3.8) is 0 Å². The van der Waals surface area contributed by atoms with Crippen LogP contribution in [-0.4, -0.2) is 33.6 Å². The summed E-state index contributed by atoms with van der Waals surface area (Å²) in [7, 11) is 0. The number of aliphatic carboxylic acids is 1. The predicted octanol–water partition coefficient (Wildman–Crippen LogP) is 1.58. The molecule has 5 nitrogen and oxygen atoms in total. The number of hydrogen-bond donors (Lipinski definition) is 2. The number of aldehydes is 1. The maximum absolute atomic E-state index is 11.8. The minimum Gasteiger partial charge on any atom is -0.479 e. The molecule has 0 saturated heterocycles. The first-order chi connectivity index (χ1) is 8.52. The zero-order valence-electron chi connectivity index (χ0n) is 9.30. The SMILES string of the molecule is O=Cc1c(C(=O)CCBr)cccc1C(O)C(=O)O. The number of hydrogen-bond acceptors (Lipinski definition) is 4. The third-order valence-corrected chi connectivity index (χ3v) is 2.80. The van der Waals surface area contributed by atoms with Gasteiger partial charge in [-0.2, -0.15) is 0 Å². The molecule has 1 aromatic carbocycles. The second-order valence-corrected chi connectivity index (χ2v) is 4.32. The summed E-state index contributed by atoms with van der Waals surface area (Å²) in [5.74, 6) is -1.75. The summed E-state index contributed by atoms with van der Waals surface area (Å²) >= 11 is 3.11. The van der Waals surface area contributed by atoms with E-state index in [0.717, 1.165) is 0 Å². The molecule has 0 heterocycles. The van der Waals surface area contributed by atoms with E-state index >= 15 is 0 Å². The van der Waals surface area contributed by atoms with Crippen LogP contribution in [0, 0.1) is 0 Å². The van der Waals surface area contributed by atoms with Crippen LogP contribution in [0.4, 0.5) is 0 Å². The van der Waals surface area contributed by atoms with E-state index in [1.165, 1.54) is 18.2 Å². The predicted molar refractivity (Wildman–Crippen MR) is 67.2 cm³/mol. The quantitative estimate of drug-likeness (QED) is 0.472. The van der Waals surface area contributed by atoms with Crippen LogP contribution in [0.25, 0.3) is 0 Å². The molecule has 0 spiro atoms. The Hall–Kier alpha value is -1.53. The Labute approximate surface area is 112 Å². The molecule has 0 bridgehead atoms. The first kappa shape index (κ1) is 14.5. The van der Waals surface area contributed by atoms with E-state index in [1.807, 2.05) is 0 Å². The van der Waals surface area contributed by atoms with Crippen LogP contribution in [0.2, 0.25) is 0 Å². The van der Waals surface area contributed by atoms with Gasteiger partial charge in [0.15, 0.2) is 18.2 Å². The standard InChI is InChI=1S/C12H11BrO5/c13-5-4-10(15)7-2-1-3-8(9(7)6-14)11(16)12(17)18/h1-3,6,11,16H,4-5H2,(H,17,18). The van der Waals surface area contributed by atoms with E-state index in [2.05, 4.69) is 15.9 Å². The topological polar surface area (TPSA) is 91.7 Å². The van der Waals surface area contributed by atoms with Gasteiger partial charge in [-0.25, -0.2) is 4.79 Å². The Morgan fingerprint density at radius 1 is 1.39 bits per heavy atom. The van der Waals surface area contributed by atoms with Crippen LogP contribution in [0.15, 0.2) is 18.2 Å². The highest BCUT2D eigenvalue weighted by molar-refractivity contribution is 9.09. The van der Waals surface area contributed by atoms with Crippen molar-refractivity contribution in [3.05, 3.63) is 34.9 Å². The number of benzene rings is 1. The van der Waals surface area contributed by atoms with Gasteiger partial charge in [-0.15, -0.1) is 0 Å². The van der Waals surface area contributed by atoms with Gasteiger partial charge in [-0.1, -0.05) is 34.1 Å². The molecule has 6 heteroatoms. The largest absolute Gasteiger partial charge is 0.479 e. The Bertz CT molecular complexity index is 483. The van der Waals surface area contributed by atoms with Crippen molar-refractivity contribution < 1.29 is 24.6 Å². The Kier molecular flexibility index (Phi) is 5.18. The summed E-state index contributed by atoms with van der Waals surface area (Å²) in [4.78, 5) is 33.5. The summed E-state index contributed by atoms with van der Waals surface area (Å²) < 4.78 is 0. The van der Waals surface area contributed by atoms with E-state index in [9.17, 15) is 19.5 Å². The van der Waals surface area contributed by atoms with Crippen LogP contribution >= 0.6 is 15.9 Å². The Morgan fingerprint density at radius 2 is 2.06 bits per heavy atom. The lowest BCUT2D eigenvalue weighted by Gasteiger charge is -2.11. The number of carboxylic acid groups (broad SMARTS) is 1. The number of halogens is 1. The summed E-state index contributed by atoms with van der Waals surface area (Å²) in [5, 5.41) is 18.6. The van der Waals surface area contributed by atoms with Crippen LogP contribution in [0.3, 0.4) is 0 Å². The highest BCUT2D eigenvalue weighted by Gasteiger charge is 2.22. The lowest BCUT2D eigenvalue weighted by Crippen LogP contribution is -2.15. The first-order valence-electron chi connectivity index (χ1n) is 5.11. The molecule has 0 radical (unpaired) electrons. The highest BCUT2D eigenvalue weighted by Crippen LogP contribution is 2.21. The second-order valence-electron chi connectivity index (χ2n) is 3.53. The van der Waals surface area contributed by atoms with Crippen molar-refractivity contribution in [1.82, 2.24) is 0 Å². The van der Waals surface area contributed by atoms with Crippen molar-refractivity contribution in [3.8, 4) is 0 Å². The van der Waals surface area contributed by atoms with Crippen LogP contribution in [-0.2, 0) is 4.79 Å². The monoisotopic (exact) mass is 314 g/mol. The van der Waals surface area contributed by atoms with E-state index in [4.69, 9.17) is 5.11 Å². The van der Waals surface area contributed by atoms with Gasteiger partial charge in [0, 0.05) is 28.4 Å². The number of alkyl halides is 1. The van der Waals surface area contributed by atoms with Crippen LogP contribution < -0.4 is 0 Å². The Morgan fingerprint density at radius 3 is 2.56 bits per heavy atom. The molecule has 0 saturated carbocycles. The summed E-state index contributed by atoms with van der Waals surface area (Å²) in [6.07, 6.45) is -1.24. The minimum atomic E-state index is -1.82. The maximum atomic E-state index is 11.8. The number of Topliss-reactive ketones (excluding diaryl/α,β-unsaturated/α-hetero) is 1. The fraction of sp³-hybridized carbons (Fsp3) is 0.250. The second kappa shape index (κ2) is 6.42. The normalized spacial score (nSPS) is 11.9. The minimum absolute atomic E-state index is 0.0710. The molecule has 0 aliphatic heterocycles. The zero-order chi connectivity index (χ0) is 13.7. The van der Waals surface area contributed by atoms with Gasteiger partial charge in [-0.05, 0) is 0 Å². The van der Waals surface area contributed by atoms with Gasteiger partial charge < -0.3 is 10.2 Å². The average molecular weight is 315 g/mol. The Balaban J connectivity index is 3.30. The molecular weight excluding hydrogens is 304 g/mol. The van der Waals surface area contributed by atoms with Gasteiger partial charge >= 0.3 is 5.97 Å². The molecular formula is C12H11BrO5. The van der Waals surface area contributed by atoms with Gasteiger partial charge in [0.25, 0.3) is 0 Å². The molecule has 96 valence electrons. The van der Waals surface area contributed by atoms with Crippen molar-refractivity contribution in [2.75, 3.05) is 5.33 Å². The molecule has 0 aliphatic carbocycles. The molecule has 0 amide bonds. The van der Waals surface area contributed by atoms with Crippen molar-refractivity contribution >= 4 is 34.0 Å². The molecule has 18 heavy (non-hydrogen) atoms. The van der Waals surface area contributed by atoms with Crippen LogP contribution in [0.5, 0.6) is 0 Å². The number of carboxylic acids is 1. The van der Waals surface area contributed by atoms with E-state index in [-0.39, 0.29) is 28.9 Å². The van der Waals surface area contributed by atoms with Gasteiger partial charge in [0.05, 0.1) is 0 Å². The summed E-state index contributed by atoms with van der Waals surface area (Å²) in [5.41, 5.74) is -0.0153. The molecule has 0 aromatic heterocycles. The highest BCUT2D eigenvalue weighted by atomic mass is 79.9. The number of carbonyl (C=O) groups excluding carboxylic acids is 2. The number of carbonyl (C=O) groups is 3. The van der Waals surface area contributed by atoms with Gasteiger partial charge in [0.2, 0.25) is 0 Å². The zero-order valence-corrected chi connectivity index (χ0v) is 10.9. The molecule has 2 N–H and O–H groups in total. The molecule has 0 aliphatic rings. The van der Waals surface area contributed by atoms with Gasteiger partial charge in [-0.3, -0.25) is 9.59 Å². The number of ketones is 1. The lowest BCUT2D eigenvalue weighted by atomic mass is 9.95. The fourth-order valence-corrected chi connectivity index (χ4v) is 1.91. The molecule has 0 fully saturated rings. The third-order valence-electron chi connectivity index (χ3n) is 2.41. The van der Waals surface area contributed by atoms with Crippen molar-refractivity contribution in [1.29, 1.82) is 0 Å². The summed E-state index contributed by atoms with van der Waals surface area (Å²) in [6, 6.07) is 4.19. The van der Waals surface area contributed by atoms with E-state index < -0.39 is 12.1 Å². The smallest absolute Gasteiger partial charge is 0.337 e. The molecule has 1 atom stereocenters. The number of rotatable bonds is 6. The number of aliphatic hydroxyl groups is 1. The van der Waals surface area contributed by atoms with E-state index in [1.54, 1.807) is 0 Å². The lowest BCUT2D eigenvalue weighted by molar-refractivity contribution is -0.146. The average Bonchev–Trinajstić information content (AvgIpc) is 2.36. The molecule has 1 aromatic rings. The van der Waals surface area contributed by atoms with Crippen molar-refractivity contribution in [2.45, 2.75) is 12.5 Å². The summed E-state index contributed by atoms with van der Waals surface area (Å²) in [6.45, 7) is 0. The van der Waals surface area contributed by atoms with Gasteiger partial charge in [0.1, 0.15) is 0 Å². The van der Waals surface area contributed by atoms with Crippen LogP contribution in [0.1, 0.15) is 38.8 Å². The number of aliphatic hydroxyl groups excluding tert-OH is 1. The third kappa shape index (κ3) is 3.02. The van der Waals surface area contributed by atoms with Crippen molar-refractivity contribution in [2.24, 2.45) is 0 Å².